The van der Waals surface area contributed by atoms with Crippen molar-refractivity contribution >= 4 is 34.4 Å². The summed E-state index contributed by atoms with van der Waals surface area (Å²) in [6.45, 7) is 1.46. The van der Waals surface area contributed by atoms with E-state index in [1.807, 2.05) is 36.0 Å². The van der Waals surface area contributed by atoms with Crippen molar-refractivity contribution in [3.05, 3.63) is 53.7 Å². The number of carbonyl (C=O) groups is 2. The Balaban J connectivity index is 1.96. The Labute approximate surface area is 174 Å². The maximum atomic E-state index is 12.8. The van der Waals surface area contributed by atoms with E-state index < -0.39 is 0 Å². The zero-order valence-electron chi connectivity index (χ0n) is 17.6. The third-order valence-corrected chi connectivity index (χ3v) is 4.70. The number of amides is 1. The summed E-state index contributed by atoms with van der Waals surface area (Å²) in [4.78, 5) is 24.2. The van der Waals surface area contributed by atoms with Crippen molar-refractivity contribution in [2.45, 2.75) is 6.92 Å². The van der Waals surface area contributed by atoms with Crippen molar-refractivity contribution in [1.82, 2.24) is 4.57 Å². The maximum Gasteiger partial charge on any atom is 0.221 e. The fraction of sp³-hybridized carbons (Fsp3) is 0.217. The third kappa shape index (κ3) is 4.15. The maximum absolute atomic E-state index is 12.8. The zero-order valence-corrected chi connectivity index (χ0v) is 17.6. The van der Waals surface area contributed by atoms with Crippen LogP contribution in [0.3, 0.4) is 0 Å². The van der Waals surface area contributed by atoms with Gasteiger partial charge in [0.1, 0.15) is 0 Å². The lowest BCUT2D eigenvalue weighted by molar-refractivity contribution is -0.114. The molecule has 7 heteroatoms. The number of aryl methyl sites for hydroxylation is 1. The number of nitrogens with zero attached hydrogens (tertiary/aromatic N) is 1. The van der Waals surface area contributed by atoms with Crippen molar-refractivity contribution in [2.75, 3.05) is 26.6 Å². The van der Waals surface area contributed by atoms with Crippen LogP contribution in [0, 0.1) is 0 Å². The molecular weight excluding hydrogens is 384 g/mol. The van der Waals surface area contributed by atoms with E-state index in [0.29, 0.717) is 28.5 Å². The van der Waals surface area contributed by atoms with Crippen molar-refractivity contribution < 1.29 is 23.8 Å². The second-order valence-electron chi connectivity index (χ2n) is 6.72. The molecule has 0 atom stereocenters. The van der Waals surface area contributed by atoms with E-state index in [0.717, 1.165) is 16.5 Å². The van der Waals surface area contributed by atoms with E-state index in [9.17, 15) is 9.59 Å². The van der Waals surface area contributed by atoms with E-state index in [1.165, 1.54) is 34.3 Å². The van der Waals surface area contributed by atoms with Crippen molar-refractivity contribution in [3.63, 3.8) is 0 Å². The third-order valence-electron chi connectivity index (χ3n) is 4.70. The molecule has 0 aliphatic rings. The van der Waals surface area contributed by atoms with Gasteiger partial charge < -0.3 is 24.1 Å². The number of carbonyl (C=O) groups excluding carboxylic acids is 2. The van der Waals surface area contributed by atoms with Crippen LogP contribution in [0.1, 0.15) is 22.8 Å². The SMILES string of the molecule is COc1cc(C(=O)/C=C/c2cn(C)c3ccc(NC(C)=O)cc23)cc(OC)c1OC. The number of hydrogen-bond donors (Lipinski definition) is 1. The number of nitrogens with one attached hydrogen (secondary N) is 1. The number of hydrogen-bond acceptors (Lipinski definition) is 5. The van der Waals surface area contributed by atoms with E-state index in [4.69, 9.17) is 14.2 Å². The molecule has 3 aromatic rings. The minimum atomic E-state index is -0.204. The van der Waals surface area contributed by atoms with Gasteiger partial charge in [-0.25, -0.2) is 0 Å². The Morgan fingerprint density at radius 1 is 1.00 bits per heavy atom. The number of rotatable bonds is 7. The highest BCUT2D eigenvalue weighted by Gasteiger charge is 2.16. The van der Waals surface area contributed by atoms with Gasteiger partial charge in [0.25, 0.3) is 0 Å². The van der Waals surface area contributed by atoms with Crippen LogP contribution in [-0.2, 0) is 11.8 Å². The highest BCUT2D eigenvalue weighted by Crippen LogP contribution is 2.38. The van der Waals surface area contributed by atoms with E-state index in [1.54, 1.807) is 18.2 Å². The van der Waals surface area contributed by atoms with E-state index in [2.05, 4.69) is 5.32 Å². The minimum absolute atomic E-state index is 0.139. The molecule has 0 aliphatic heterocycles. The summed E-state index contributed by atoms with van der Waals surface area (Å²) < 4.78 is 17.9. The van der Waals surface area contributed by atoms with Gasteiger partial charge >= 0.3 is 0 Å². The molecular formula is C23H24N2O5. The Morgan fingerprint density at radius 2 is 1.67 bits per heavy atom. The number of allylic oxidation sites excluding steroid dienone is 1. The molecule has 1 heterocycles. The Morgan fingerprint density at radius 3 is 2.23 bits per heavy atom. The van der Waals surface area contributed by atoms with E-state index in [-0.39, 0.29) is 11.7 Å². The summed E-state index contributed by atoms with van der Waals surface area (Å²) >= 11 is 0. The standard InChI is InChI=1S/C23H24N2O5/c1-14(26)24-17-7-8-19-18(12-17)15(13-25(19)2)6-9-20(27)16-10-21(28-3)23(30-5)22(11-16)29-4/h6-13H,1-5H3,(H,24,26)/b9-6+. The number of aromatic nitrogens is 1. The monoisotopic (exact) mass is 408 g/mol. The average Bonchev–Trinajstić information content (AvgIpc) is 3.05. The Hall–Kier alpha value is -3.74. The predicted octanol–water partition coefficient (Wildman–Crippen LogP) is 4.06. The van der Waals surface area contributed by atoms with Crippen molar-refractivity contribution in [1.29, 1.82) is 0 Å². The summed E-state index contributed by atoms with van der Waals surface area (Å²) in [5.74, 6) is 0.918. The van der Waals surface area contributed by atoms with Crippen molar-refractivity contribution in [3.8, 4) is 17.2 Å². The molecule has 3 rings (SSSR count). The van der Waals surface area contributed by atoms with Gasteiger partial charge in [-0.05, 0) is 42.5 Å². The number of methoxy groups -OCH3 is 3. The molecule has 0 radical (unpaired) electrons. The van der Waals surface area contributed by atoms with Crippen LogP contribution in [-0.4, -0.2) is 37.6 Å². The van der Waals surface area contributed by atoms with Crippen LogP contribution in [0.25, 0.3) is 17.0 Å². The van der Waals surface area contributed by atoms with Crippen LogP contribution in [0.15, 0.2) is 42.6 Å². The molecule has 0 spiro atoms. The van der Waals surface area contributed by atoms with Gasteiger partial charge in [0, 0.05) is 47.9 Å². The van der Waals surface area contributed by atoms with E-state index >= 15 is 0 Å². The largest absolute Gasteiger partial charge is 0.493 e. The predicted molar refractivity (Wildman–Crippen MR) is 117 cm³/mol. The lowest BCUT2D eigenvalue weighted by atomic mass is 10.1. The van der Waals surface area contributed by atoms with Crippen molar-refractivity contribution in [2.24, 2.45) is 7.05 Å². The molecule has 0 bridgehead atoms. The molecule has 156 valence electrons. The van der Waals surface area contributed by atoms with Gasteiger partial charge in [0.05, 0.1) is 21.3 Å². The summed E-state index contributed by atoms with van der Waals surface area (Å²) in [7, 11) is 6.45. The van der Waals surface area contributed by atoms with Crippen LogP contribution < -0.4 is 19.5 Å². The fourth-order valence-corrected chi connectivity index (χ4v) is 3.32. The molecule has 1 N–H and O–H groups in total. The Kier molecular flexibility index (Phi) is 6.11. The quantitative estimate of drug-likeness (QED) is 0.471. The second kappa shape index (κ2) is 8.73. The van der Waals surface area contributed by atoms with Gasteiger partial charge in [-0.2, -0.15) is 0 Å². The minimum Gasteiger partial charge on any atom is -0.493 e. The lowest BCUT2D eigenvalue weighted by Gasteiger charge is -2.13. The van der Waals surface area contributed by atoms with Gasteiger partial charge in [-0.15, -0.1) is 0 Å². The molecule has 0 saturated heterocycles. The van der Waals surface area contributed by atoms with Crippen LogP contribution >= 0.6 is 0 Å². The van der Waals surface area contributed by atoms with Gasteiger partial charge in [0.2, 0.25) is 11.7 Å². The summed E-state index contributed by atoms with van der Waals surface area (Å²) in [6, 6.07) is 8.90. The van der Waals surface area contributed by atoms with Crippen LogP contribution in [0.2, 0.25) is 0 Å². The summed E-state index contributed by atoms with van der Waals surface area (Å²) in [5, 5.41) is 3.71. The molecule has 0 fully saturated rings. The molecule has 0 saturated carbocycles. The smallest absolute Gasteiger partial charge is 0.221 e. The number of benzene rings is 2. The number of anilines is 1. The summed E-state index contributed by atoms with van der Waals surface area (Å²) in [6.07, 6.45) is 5.19. The van der Waals surface area contributed by atoms with Gasteiger partial charge in [-0.3, -0.25) is 9.59 Å². The molecule has 0 unspecified atom stereocenters. The first-order valence-corrected chi connectivity index (χ1v) is 9.27. The molecule has 7 nitrogen and oxygen atoms in total. The molecule has 2 aromatic carbocycles. The zero-order chi connectivity index (χ0) is 21.8. The molecule has 1 aromatic heterocycles. The first-order chi connectivity index (χ1) is 14.4. The van der Waals surface area contributed by atoms with Gasteiger partial charge in [-0.1, -0.05) is 0 Å². The lowest BCUT2D eigenvalue weighted by Crippen LogP contribution is -2.05. The Bertz CT molecular complexity index is 1120. The fourth-order valence-electron chi connectivity index (χ4n) is 3.32. The molecule has 1 amide bonds. The molecule has 30 heavy (non-hydrogen) atoms. The topological polar surface area (TPSA) is 78.8 Å². The number of ether oxygens (including phenoxy) is 3. The normalized spacial score (nSPS) is 11.0. The molecule has 0 aliphatic carbocycles. The van der Waals surface area contributed by atoms with Crippen LogP contribution in [0.5, 0.6) is 17.2 Å². The average molecular weight is 408 g/mol. The van der Waals surface area contributed by atoms with Gasteiger partial charge in [0.15, 0.2) is 17.3 Å². The summed E-state index contributed by atoms with van der Waals surface area (Å²) in [5.41, 5.74) is 2.97. The highest BCUT2D eigenvalue weighted by molar-refractivity contribution is 6.08. The number of fused-ring (bicyclic) bond motifs is 1. The highest BCUT2D eigenvalue weighted by atomic mass is 16.5. The first-order valence-electron chi connectivity index (χ1n) is 9.27. The first kappa shape index (κ1) is 21.0. The second-order valence-corrected chi connectivity index (χ2v) is 6.72. The number of ketones is 1. The van der Waals surface area contributed by atoms with Crippen LogP contribution in [0.4, 0.5) is 5.69 Å².